The fraction of sp³-hybridized carbons (Fsp3) is 0.357. The number of nitrogens with zero attached hydrogens (tertiary/aromatic N) is 2. The second-order valence-electron chi connectivity index (χ2n) is 5.26. The summed E-state index contributed by atoms with van der Waals surface area (Å²) in [5.74, 6) is 3.27. The zero-order valence-electron chi connectivity index (χ0n) is 10.9. The Hall–Kier alpha value is -1.53. The van der Waals surface area contributed by atoms with Gasteiger partial charge in [0.05, 0.1) is 5.52 Å². The van der Waals surface area contributed by atoms with Gasteiger partial charge in [-0.25, -0.2) is 0 Å². The van der Waals surface area contributed by atoms with E-state index in [4.69, 9.17) is 0 Å². The van der Waals surface area contributed by atoms with E-state index >= 15 is 0 Å². The van der Waals surface area contributed by atoms with Crippen LogP contribution >= 0.6 is 0 Å². The summed E-state index contributed by atoms with van der Waals surface area (Å²) in [5.41, 5.74) is 5.48. The maximum absolute atomic E-state index is 4.50. The zero-order chi connectivity index (χ0) is 12.5. The molecule has 0 radical (unpaired) electrons. The lowest BCUT2D eigenvalue weighted by Crippen LogP contribution is -2.16. The lowest BCUT2D eigenvalue weighted by molar-refractivity contribution is 0.668. The predicted molar refractivity (Wildman–Crippen MR) is 75.6 cm³/mol. The van der Waals surface area contributed by atoms with Crippen LogP contribution in [0.25, 0.3) is 10.9 Å². The Balaban J connectivity index is 2.40. The van der Waals surface area contributed by atoms with Crippen LogP contribution in [0.1, 0.15) is 12.5 Å². The molecule has 2 nitrogen and oxygen atoms in total. The molecule has 0 bridgehead atoms. The minimum Gasteiger partial charge on any atom is -0.272 e. The summed E-state index contributed by atoms with van der Waals surface area (Å²) < 4.78 is 1.96. The highest BCUT2D eigenvalue weighted by atomic mass is 28.3. The van der Waals surface area contributed by atoms with E-state index in [1.165, 1.54) is 5.39 Å². The second kappa shape index (κ2) is 4.38. The monoisotopic (exact) mass is 242 g/mol. The summed E-state index contributed by atoms with van der Waals surface area (Å²) in [5, 5.41) is 5.68. The SMILES string of the molecule is CCn1cc2ccc(C#C[Si](C)(C)C)cc2n1. The van der Waals surface area contributed by atoms with Gasteiger partial charge in [-0.05, 0) is 25.1 Å². The number of fused-ring (bicyclic) bond motifs is 1. The van der Waals surface area contributed by atoms with Crippen LogP contribution in [0.2, 0.25) is 19.6 Å². The molecule has 0 N–H and O–H groups in total. The van der Waals surface area contributed by atoms with Crippen LogP contribution in [0.4, 0.5) is 0 Å². The van der Waals surface area contributed by atoms with Gasteiger partial charge >= 0.3 is 0 Å². The number of hydrogen-bond acceptors (Lipinski definition) is 1. The molecule has 2 rings (SSSR count). The first-order valence-corrected chi connectivity index (χ1v) is 9.48. The maximum atomic E-state index is 4.50. The number of aryl methyl sites for hydroxylation is 1. The van der Waals surface area contributed by atoms with Crippen molar-refractivity contribution in [2.45, 2.75) is 33.1 Å². The average Bonchev–Trinajstić information content (AvgIpc) is 2.67. The first-order chi connectivity index (χ1) is 7.98. The van der Waals surface area contributed by atoms with Gasteiger partial charge in [0.25, 0.3) is 0 Å². The predicted octanol–water partition coefficient (Wildman–Crippen LogP) is 3.29. The Morgan fingerprint density at radius 1 is 1.29 bits per heavy atom. The smallest absolute Gasteiger partial charge is 0.129 e. The fourth-order valence-corrected chi connectivity index (χ4v) is 2.09. The van der Waals surface area contributed by atoms with Crippen molar-refractivity contribution in [1.82, 2.24) is 9.78 Å². The highest BCUT2D eigenvalue weighted by Crippen LogP contribution is 2.14. The quantitative estimate of drug-likeness (QED) is 0.554. The average molecular weight is 242 g/mol. The Kier molecular flexibility index (Phi) is 3.08. The van der Waals surface area contributed by atoms with E-state index in [1.807, 2.05) is 4.68 Å². The van der Waals surface area contributed by atoms with Gasteiger partial charge in [0.1, 0.15) is 8.07 Å². The van der Waals surface area contributed by atoms with Crippen molar-refractivity contribution in [2.75, 3.05) is 0 Å². The Labute approximate surface area is 104 Å². The minimum atomic E-state index is -1.30. The molecule has 0 amide bonds. The molecule has 0 spiro atoms. The van der Waals surface area contributed by atoms with Crippen LogP contribution in [-0.4, -0.2) is 17.9 Å². The summed E-state index contributed by atoms with van der Waals surface area (Å²) >= 11 is 0. The molecule has 1 heterocycles. The van der Waals surface area contributed by atoms with Crippen LogP contribution in [0.5, 0.6) is 0 Å². The molecule has 0 unspecified atom stereocenters. The molecule has 1 aromatic heterocycles. The summed E-state index contributed by atoms with van der Waals surface area (Å²) in [6.45, 7) is 9.77. The fourth-order valence-electron chi connectivity index (χ4n) is 1.57. The van der Waals surface area contributed by atoms with E-state index in [1.54, 1.807) is 0 Å². The van der Waals surface area contributed by atoms with Crippen molar-refractivity contribution in [1.29, 1.82) is 0 Å². The lowest BCUT2D eigenvalue weighted by atomic mass is 10.2. The second-order valence-corrected chi connectivity index (χ2v) is 10.0. The molecule has 0 atom stereocenters. The third kappa shape index (κ3) is 2.98. The molecule has 88 valence electrons. The number of hydrogen-bond donors (Lipinski definition) is 0. The Morgan fingerprint density at radius 2 is 2.06 bits per heavy atom. The van der Waals surface area contributed by atoms with Crippen molar-refractivity contribution < 1.29 is 0 Å². The molecule has 17 heavy (non-hydrogen) atoms. The lowest BCUT2D eigenvalue weighted by Gasteiger charge is -2.03. The van der Waals surface area contributed by atoms with E-state index in [0.29, 0.717) is 0 Å². The van der Waals surface area contributed by atoms with Crippen molar-refractivity contribution in [2.24, 2.45) is 0 Å². The molecule has 0 aliphatic carbocycles. The van der Waals surface area contributed by atoms with Gasteiger partial charge in [-0.2, -0.15) is 5.10 Å². The van der Waals surface area contributed by atoms with E-state index in [-0.39, 0.29) is 0 Å². The largest absolute Gasteiger partial charge is 0.272 e. The molecular weight excluding hydrogens is 224 g/mol. The van der Waals surface area contributed by atoms with Crippen molar-refractivity contribution in [3.8, 4) is 11.5 Å². The van der Waals surface area contributed by atoms with Gasteiger partial charge in [-0.15, -0.1) is 5.54 Å². The van der Waals surface area contributed by atoms with Crippen LogP contribution in [-0.2, 0) is 6.54 Å². The van der Waals surface area contributed by atoms with E-state index in [0.717, 1.165) is 17.6 Å². The van der Waals surface area contributed by atoms with Crippen LogP contribution in [0.15, 0.2) is 24.4 Å². The van der Waals surface area contributed by atoms with Crippen LogP contribution in [0, 0.1) is 11.5 Å². The number of aromatic nitrogens is 2. The molecule has 0 saturated carbocycles. The minimum absolute atomic E-state index is 0.907. The molecule has 0 saturated heterocycles. The van der Waals surface area contributed by atoms with Gasteiger partial charge in [0.15, 0.2) is 0 Å². The molecule has 0 aliphatic rings. The van der Waals surface area contributed by atoms with E-state index < -0.39 is 8.07 Å². The molecule has 0 aliphatic heterocycles. The normalized spacial score (nSPS) is 11.3. The zero-order valence-corrected chi connectivity index (χ0v) is 11.9. The van der Waals surface area contributed by atoms with Gasteiger partial charge < -0.3 is 0 Å². The third-order valence-electron chi connectivity index (χ3n) is 2.46. The first-order valence-electron chi connectivity index (χ1n) is 5.98. The number of benzene rings is 1. The number of rotatable bonds is 1. The van der Waals surface area contributed by atoms with Gasteiger partial charge in [0.2, 0.25) is 0 Å². The van der Waals surface area contributed by atoms with E-state index in [2.05, 4.69) is 67.5 Å². The highest BCUT2D eigenvalue weighted by Gasteiger charge is 2.07. The maximum Gasteiger partial charge on any atom is 0.129 e. The summed E-state index contributed by atoms with van der Waals surface area (Å²) in [6.07, 6.45) is 2.07. The molecule has 0 fully saturated rings. The topological polar surface area (TPSA) is 17.8 Å². The van der Waals surface area contributed by atoms with Crippen molar-refractivity contribution in [3.05, 3.63) is 30.0 Å². The molecule has 3 heteroatoms. The molecular formula is C14H18N2Si. The van der Waals surface area contributed by atoms with E-state index in [9.17, 15) is 0 Å². The first kappa shape index (κ1) is 11.9. The summed E-state index contributed by atoms with van der Waals surface area (Å²) in [7, 11) is -1.30. The van der Waals surface area contributed by atoms with Gasteiger partial charge in [0, 0.05) is 23.7 Å². The van der Waals surface area contributed by atoms with Crippen LogP contribution < -0.4 is 0 Å². The third-order valence-corrected chi connectivity index (χ3v) is 3.34. The van der Waals surface area contributed by atoms with Gasteiger partial charge in [-0.3, -0.25) is 4.68 Å². The Bertz CT molecular complexity index is 594. The van der Waals surface area contributed by atoms with Crippen LogP contribution in [0.3, 0.4) is 0 Å². The summed E-state index contributed by atoms with van der Waals surface area (Å²) in [4.78, 5) is 0. The van der Waals surface area contributed by atoms with Crippen molar-refractivity contribution >= 4 is 19.0 Å². The Morgan fingerprint density at radius 3 is 2.71 bits per heavy atom. The molecule has 1 aromatic carbocycles. The highest BCUT2D eigenvalue weighted by molar-refractivity contribution is 6.83. The summed E-state index contributed by atoms with van der Waals surface area (Å²) in [6, 6.07) is 6.26. The standard InChI is InChI=1S/C14H18N2Si/c1-5-16-11-13-7-6-12(10-14(13)15-16)8-9-17(2,3)4/h6-7,10-11H,5H2,1-4H3. The molecule has 2 aromatic rings. The van der Waals surface area contributed by atoms with Crippen molar-refractivity contribution in [3.63, 3.8) is 0 Å². The van der Waals surface area contributed by atoms with Gasteiger partial charge in [-0.1, -0.05) is 25.6 Å².